The van der Waals surface area contributed by atoms with Gasteiger partial charge in [-0.25, -0.2) is 4.79 Å². The van der Waals surface area contributed by atoms with Crippen molar-refractivity contribution in [1.82, 2.24) is 4.90 Å². The normalized spacial score (nSPS) is 24.0. The maximum Gasteiger partial charge on any atom is 0.353 e. The molecule has 0 bridgehead atoms. The SMILES string of the molecule is C[N+](C)(C/C=C/C1=C(C(=O)O)N2C(=O)C[C@H]2SC1N)[C@H](CO)C(N)=O.[I-]. The van der Waals surface area contributed by atoms with Gasteiger partial charge in [-0.05, 0) is 6.08 Å². The van der Waals surface area contributed by atoms with Crippen LogP contribution in [0, 0.1) is 0 Å². The number of rotatable bonds is 7. The highest BCUT2D eigenvalue weighted by atomic mass is 127. The van der Waals surface area contributed by atoms with Crippen molar-refractivity contribution in [2.45, 2.75) is 23.2 Å². The number of nitrogens with two attached hydrogens (primary N) is 2. The Morgan fingerprint density at radius 3 is 2.54 bits per heavy atom. The zero-order chi connectivity index (χ0) is 18.9. The molecule has 1 fully saturated rings. The average Bonchev–Trinajstić information content (AvgIpc) is 2.47. The molecule has 6 N–H and O–H groups in total. The molecule has 0 aromatic rings. The largest absolute Gasteiger partial charge is 1.00 e. The van der Waals surface area contributed by atoms with E-state index in [9.17, 15) is 24.6 Å². The van der Waals surface area contributed by atoms with Crippen molar-refractivity contribution >= 4 is 29.5 Å². The molecule has 1 unspecified atom stereocenters. The number of primary amides is 1. The smallest absolute Gasteiger partial charge is 0.353 e. The van der Waals surface area contributed by atoms with Crippen molar-refractivity contribution in [2.24, 2.45) is 11.5 Å². The number of aliphatic hydroxyl groups excluding tert-OH is 1. The van der Waals surface area contributed by atoms with Crippen molar-refractivity contribution in [3.8, 4) is 0 Å². The summed E-state index contributed by atoms with van der Waals surface area (Å²) in [6, 6.07) is -0.784. The van der Waals surface area contributed by atoms with E-state index in [1.807, 2.05) is 0 Å². The predicted molar refractivity (Wildman–Crippen MR) is 91.7 cm³/mol. The number of thioether (sulfide) groups is 1. The number of hydrogen-bond acceptors (Lipinski definition) is 6. The van der Waals surface area contributed by atoms with Gasteiger partial charge < -0.3 is 50.1 Å². The van der Waals surface area contributed by atoms with E-state index in [2.05, 4.69) is 0 Å². The summed E-state index contributed by atoms with van der Waals surface area (Å²) in [6.45, 7) is -0.0715. The number of carbonyl (C=O) groups excluding carboxylic acids is 2. The topological polar surface area (TPSA) is 147 Å². The summed E-state index contributed by atoms with van der Waals surface area (Å²) < 4.78 is 0.103. The van der Waals surface area contributed by atoms with Gasteiger partial charge in [0.1, 0.15) is 12.3 Å². The Morgan fingerprint density at radius 2 is 2.08 bits per heavy atom. The second-order valence-corrected chi connectivity index (χ2v) is 7.88. The third-order valence-electron chi connectivity index (χ3n) is 4.45. The van der Waals surface area contributed by atoms with Crippen LogP contribution in [0.15, 0.2) is 23.4 Å². The molecule has 26 heavy (non-hydrogen) atoms. The molecule has 0 radical (unpaired) electrons. The van der Waals surface area contributed by atoms with Crippen LogP contribution in [0.5, 0.6) is 0 Å². The molecule has 2 aliphatic rings. The summed E-state index contributed by atoms with van der Waals surface area (Å²) in [5.41, 5.74) is 11.6. The van der Waals surface area contributed by atoms with E-state index in [0.717, 1.165) is 0 Å². The Kier molecular flexibility index (Phi) is 7.65. The second kappa shape index (κ2) is 8.69. The molecular weight excluding hydrogens is 475 g/mol. The maximum atomic E-state index is 11.7. The van der Waals surface area contributed by atoms with Crippen LogP contribution >= 0.6 is 11.8 Å². The minimum Gasteiger partial charge on any atom is -1.00 e. The van der Waals surface area contributed by atoms with Gasteiger partial charge in [0.15, 0.2) is 6.04 Å². The van der Waals surface area contributed by atoms with E-state index < -0.39 is 29.9 Å². The quantitative estimate of drug-likeness (QED) is 0.157. The number of fused-ring (bicyclic) bond motifs is 1. The fourth-order valence-electron chi connectivity index (χ4n) is 2.92. The lowest BCUT2D eigenvalue weighted by atomic mass is 10.1. The number of aliphatic carboxylic acids is 1. The molecule has 0 aromatic carbocycles. The highest BCUT2D eigenvalue weighted by Gasteiger charge is 2.47. The molecule has 2 heterocycles. The van der Waals surface area contributed by atoms with Gasteiger partial charge in [-0.2, -0.15) is 0 Å². The number of halogens is 1. The van der Waals surface area contributed by atoms with Gasteiger partial charge in [-0.3, -0.25) is 14.5 Å². The van der Waals surface area contributed by atoms with Crippen LogP contribution in [-0.2, 0) is 14.4 Å². The minimum atomic E-state index is -1.20. The zero-order valence-corrected chi connectivity index (χ0v) is 17.4. The predicted octanol–water partition coefficient (Wildman–Crippen LogP) is -4.60. The van der Waals surface area contributed by atoms with Crippen LogP contribution in [0.1, 0.15) is 6.42 Å². The molecule has 3 atom stereocenters. The lowest BCUT2D eigenvalue weighted by Crippen LogP contribution is -3.00. The Labute approximate surface area is 172 Å². The first kappa shape index (κ1) is 22.9. The first-order chi connectivity index (χ1) is 11.6. The highest BCUT2D eigenvalue weighted by Crippen LogP contribution is 2.42. The van der Waals surface area contributed by atoms with Gasteiger partial charge in [0.25, 0.3) is 5.91 Å². The number of likely N-dealkylation sites (N-methyl/N-ethyl adjacent to an activating group) is 1. The summed E-state index contributed by atoms with van der Waals surface area (Å²) >= 11 is 1.33. The number of carboxylic acid groups (broad SMARTS) is 1. The average molecular weight is 498 g/mol. The molecule has 0 spiro atoms. The molecule has 0 saturated carbocycles. The van der Waals surface area contributed by atoms with E-state index in [4.69, 9.17) is 11.5 Å². The molecule has 2 amide bonds. The first-order valence-corrected chi connectivity index (χ1v) is 8.64. The van der Waals surface area contributed by atoms with Crippen molar-refractivity contribution in [1.29, 1.82) is 0 Å². The van der Waals surface area contributed by atoms with Crippen LogP contribution in [0.4, 0.5) is 0 Å². The molecule has 0 aromatic heterocycles. The molecular formula is C15H23IN4O5S. The molecule has 2 aliphatic heterocycles. The standard InChI is InChI=1S/C15H22N4O5S.HI/c1-19(2,9(7-20)13(16)22)5-3-4-8-12(15(23)24)18-10(21)6-11(18)25-14(8)17;/h3-4,9,11,14,20H,5-7,17H2,1-2H3,(H2-,16,22,23,24);1H/b4-3+;/t9-,11-,14?;/m1./s1. The van der Waals surface area contributed by atoms with Crippen molar-refractivity contribution in [3.63, 3.8) is 0 Å². The molecule has 9 nitrogen and oxygen atoms in total. The maximum absolute atomic E-state index is 11.7. The Morgan fingerprint density at radius 1 is 1.46 bits per heavy atom. The highest BCUT2D eigenvalue weighted by molar-refractivity contribution is 8.00. The van der Waals surface area contributed by atoms with E-state index in [-0.39, 0.29) is 51.9 Å². The van der Waals surface area contributed by atoms with Gasteiger partial charge in [-0.1, -0.05) is 6.08 Å². The Hall–Kier alpha value is -1.15. The van der Waals surface area contributed by atoms with E-state index in [0.29, 0.717) is 12.1 Å². The number of amides is 2. The first-order valence-electron chi connectivity index (χ1n) is 7.70. The number of aliphatic hydroxyl groups is 1. The van der Waals surface area contributed by atoms with Gasteiger partial charge in [-0.15, -0.1) is 11.8 Å². The van der Waals surface area contributed by atoms with Crippen LogP contribution in [0.2, 0.25) is 0 Å². The van der Waals surface area contributed by atoms with Crippen LogP contribution < -0.4 is 35.4 Å². The number of carboxylic acids is 1. The van der Waals surface area contributed by atoms with E-state index >= 15 is 0 Å². The van der Waals surface area contributed by atoms with Gasteiger partial charge in [0.05, 0.1) is 37.8 Å². The number of carbonyl (C=O) groups is 3. The van der Waals surface area contributed by atoms with Gasteiger partial charge in [0, 0.05) is 5.57 Å². The number of β-lactam (4-membered cyclic amide) rings is 1. The summed E-state index contributed by atoms with van der Waals surface area (Å²) in [4.78, 5) is 36.0. The fourth-order valence-corrected chi connectivity index (χ4v) is 4.17. The third kappa shape index (κ3) is 4.39. The summed E-state index contributed by atoms with van der Waals surface area (Å²) in [6.07, 6.45) is 3.53. The third-order valence-corrected chi connectivity index (χ3v) is 5.69. The van der Waals surface area contributed by atoms with Gasteiger partial charge >= 0.3 is 5.97 Å². The summed E-state index contributed by atoms with van der Waals surface area (Å²) in [7, 11) is 3.46. The van der Waals surface area contributed by atoms with E-state index in [1.165, 1.54) is 16.7 Å². The van der Waals surface area contributed by atoms with Crippen molar-refractivity contribution < 1.29 is 53.1 Å². The lowest BCUT2D eigenvalue weighted by molar-refractivity contribution is -0.900. The van der Waals surface area contributed by atoms with E-state index in [1.54, 1.807) is 26.2 Å². The number of quaternary nitrogens is 1. The molecule has 1 saturated heterocycles. The molecule has 0 aliphatic carbocycles. The van der Waals surface area contributed by atoms with Crippen LogP contribution in [0.25, 0.3) is 0 Å². The molecule has 11 heteroatoms. The number of hydrogen-bond donors (Lipinski definition) is 4. The summed E-state index contributed by atoms with van der Waals surface area (Å²) in [5, 5.41) is 18.0. The van der Waals surface area contributed by atoms with Gasteiger partial charge in [0.2, 0.25) is 5.91 Å². The second-order valence-electron chi connectivity index (χ2n) is 6.55. The minimum absolute atomic E-state index is 0. The monoisotopic (exact) mass is 498 g/mol. The van der Waals surface area contributed by atoms with Crippen LogP contribution in [-0.4, -0.2) is 81.4 Å². The van der Waals surface area contributed by atoms with Crippen LogP contribution in [0.3, 0.4) is 0 Å². The van der Waals surface area contributed by atoms with Crippen molar-refractivity contribution in [2.75, 3.05) is 27.2 Å². The van der Waals surface area contributed by atoms with Crippen molar-refractivity contribution in [3.05, 3.63) is 23.4 Å². The number of nitrogens with zero attached hydrogens (tertiary/aromatic N) is 2. The lowest BCUT2D eigenvalue weighted by Gasteiger charge is -2.45. The summed E-state index contributed by atoms with van der Waals surface area (Å²) in [5.74, 6) is -2.06. The molecule has 2 rings (SSSR count). The molecule has 146 valence electrons. The fraction of sp³-hybridized carbons (Fsp3) is 0.533. The Bertz CT molecular complexity index is 666. The zero-order valence-electron chi connectivity index (χ0n) is 14.5. The Balaban J connectivity index is 0.00000338.